The number of ether oxygens (including phenoxy) is 3. The fourth-order valence-electron chi connectivity index (χ4n) is 2.44. The molecule has 2 aromatic carbocycles. The normalized spacial score (nSPS) is 17.9. The lowest BCUT2D eigenvalue weighted by Gasteiger charge is -2.21. The van der Waals surface area contributed by atoms with Gasteiger partial charge in [-0.2, -0.15) is 0 Å². The summed E-state index contributed by atoms with van der Waals surface area (Å²) in [5, 5.41) is 2.65. The summed E-state index contributed by atoms with van der Waals surface area (Å²) < 4.78 is 15.8. The second kappa shape index (κ2) is 5.76. The van der Waals surface area contributed by atoms with Crippen LogP contribution in [0.1, 0.15) is 17.3 Å². The quantitative estimate of drug-likeness (QED) is 0.667. The third-order valence-corrected chi connectivity index (χ3v) is 4.88. The Morgan fingerprint density at radius 3 is 2.92 bits per heavy atom. The van der Waals surface area contributed by atoms with Crippen LogP contribution >= 0.6 is 11.8 Å². The predicted molar refractivity (Wildman–Crippen MR) is 87.9 cm³/mol. The number of anilines is 1. The van der Waals surface area contributed by atoms with Crippen molar-refractivity contribution in [2.75, 3.05) is 12.1 Å². The minimum absolute atomic E-state index is 0.0752. The highest BCUT2D eigenvalue weighted by Gasteiger charge is 2.24. The molecule has 1 atom stereocenters. The third kappa shape index (κ3) is 2.67. The van der Waals surface area contributed by atoms with Crippen molar-refractivity contribution in [3.63, 3.8) is 0 Å². The number of hydrogen-bond acceptors (Lipinski definition) is 6. The maximum atomic E-state index is 12.3. The molecule has 7 heteroatoms. The lowest BCUT2D eigenvalue weighted by molar-refractivity contribution is -0.115. The van der Waals surface area contributed by atoms with E-state index in [4.69, 9.17) is 14.2 Å². The summed E-state index contributed by atoms with van der Waals surface area (Å²) in [5.41, 5.74) is 0.991. The summed E-state index contributed by atoms with van der Waals surface area (Å²) in [6, 6.07) is 10.1. The molecule has 0 fully saturated rings. The summed E-state index contributed by atoms with van der Waals surface area (Å²) in [7, 11) is 0. The Bertz CT molecular complexity index is 851. The van der Waals surface area contributed by atoms with Gasteiger partial charge in [0.1, 0.15) is 5.75 Å². The lowest BCUT2D eigenvalue weighted by atomic mass is 10.2. The van der Waals surface area contributed by atoms with Gasteiger partial charge in [0.25, 0.3) is 0 Å². The lowest BCUT2D eigenvalue weighted by Crippen LogP contribution is -2.26. The maximum Gasteiger partial charge on any atom is 0.343 e. The summed E-state index contributed by atoms with van der Waals surface area (Å²) >= 11 is 1.46. The molecular weight excluding hydrogens is 330 g/mol. The van der Waals surface area contributed by atoms with Crippen molar-refractivity contribution in [1.29, 1.82) is 0 Å². The van der Waals surface area contributed by atoms with Crippen molar-refractivity contribution >= 4 is 29.3 Å². The molecule has 1 N–H and O–H groups in total. The minimum atomic E-state index is -0.505. The van der Waals surface area contributed by atoms with Gasteiger partial charge in [0.15, 0.2) is 11.5 Å². The summed E-state index contributed by atoms with van der Waals surface area (Å²) in [4.78, 5) is 25.0. The van der Waals surface area contributed by atoms with Crippen molar-refractivity contribution in [3.05, 3.63) is 42.0 Å². The van der Waals surface area contributed by atoms with Crippen LogP contribution in [-0.4, -0.2) is 23.9 Å². The van der Waals surface area contributed by atoms with Gasteiger partial charge in [-0.3, -0.25) is 4.79 Å². The number of fused-ring (bicyclic) bond motifs is 2. The van der Waals surface area contributed by atoms with E-state index < -0.39 is 5.97 Å². The van der Waals surface area contributed by atoms with E-state index in [0.29, 0.717) is 28.5 Å². The molecule has 4 rings (SSSR count). The first-order valence-electron chi connectivity index (χ1n) is 7.33. The zero-order valence-electron chi connectivity index (χ0n) is 12.7. The Kier molecular flexibility index (Phi) is 3.57. The molecule has 1 amide bonds. The molecule has 2 aliphatic heterocycles. The fraction of sp³-hybridized carbons (Fsp3) is 0.176. The number of esters is 1. The number of carbonyl (C=O) groups excluding carboxylic acids is 2. The van der Waals surface area contributed by atoms with Crippen molar-refractivity contribution < 1.29 is 23.8 Å². The third-order valence-electron chi connectivity index (χ3n) is 3.70. The van der Waals surface area contributed by atoms with E-state index >= 15 is 0 Å². The molecule has 0 unspecified atom stereocenters. The number of thioether (sulfide) groups is 1. The first kappa shape index (κ1) is 14.9. The van der Waals surface area contributed by atoms with E-state index in [1.807, 2.05) is 13.0 Å². The molecular formula is C17H13NO5S. The van der Waals surface area contributed by atoms with Crippen LogP contribution in [0, 0.1) is 0 Å². The Labute approximate surface area is 142 Å². The molecule has 0 aromatic heterocycles. The van der Waals surface area contributed by atoms with Crippen LogP contribution in [0.5, 0.6) is 17.2 Å². The van der Waals surface area contributed by atoms with Gasteiger partial charge < -0.3 is 19.5 Å². The fourth-order valence-corrected chi connectivity index (χ4v) is 3.37. The van der Waals surface area contributed by atoms with E-state index in [1.54, 1.807) is 30.3 Å². The van der Waals surface area contributed by atoms with Gasteiger partial charge in [0.2, 0.25) is 12.7 Å². The first-order valence-corrected chi connectivity index (χ1v) is 8.21. The Morgan fingerprint density at radius 2 is 2.04 bits per heavy atom. The van der Waals surface area contributed by atoms with Crippen LogP contribution in [-0.2, 0) is 4.79 Å². The number of amides is 1. The summed E-state index contributed by atoms with van der Waals surface area (Å²) in [6.07, 6.45) is 0. The average molecular weight is 343 g/mol. The number of hydrogen-bond donors (Lipinski definition) is 1. The Morgan fingerprint density at radius 1 is 1.21 bits per heavy atom. The second-order valence-electron chi connectivity index (χ2n) is 5.36. The topological polar surface area (TPSA) is 73.9 Å². The minimum Gasteiger partial charge on any atom is -0.454 e. The van der Waals surface area contributed by atoms with Crippen LogP contribution in [0.25, 0.3) is 0 Å². The molecule has 2 heterocycles. The van der Waals surface area contributed by atoms with E-state index in [2.05, 4.69) is 5.32 Å². The summed E-state index contributed by atoms with van der Waals surface area (Å²) in [6.45, 7) is 2.00. The van der Waals surface area contributed by atoms with E-state index in [9.17, 15) is 9.59 Å². The van der Waals surface area contributed by atoms with E-state index in [1.165, 1.54) is 11.8 Å². The largest absolute Gasteiger partial charge is 0.454 e. The monoisotopic (exact) mass is 343 g/mol. The van der Waals surface area contributed by atoms with Gasteiger partial charge in [-0.1, -0.05) is 0 Å². The van der Waals surface area contributed by atoms with Gasteiger partial charge in [0, 0.05) is 11.0 Å². The average Bonchev–Trinajstić information content (AvgIpc) is 3.03. The van der Waals surface area contributed by atoms with Crippen LogP contribution in [0.4, 0.5) is 5.69 Å². The second-order valence-corrected chi connectivity index (χ2v) is 6.75. The molecule has 0 saturated carbocycles. The molecule has 0 spiro atoms. The van der Waals surface area contributed by atoms with Gasteiger partial charge >= 0.3 is 5.97 Å². The highest BCUT2D eigenvalue weighted by molar-refractivity contribution is 8.00. The van der Waals surface area contributed by atoms with Crippen LogP contribution in [0.2, 0.25) is 0 Å². The van der Waals surface area contributed by atoms with Crippen molar-refractivity contribution in [2.45, 2.75) is 17.1 Å². The molecule has 0 radical (unpaired) electrons. The Balaban J connectivity index is 1.55. The molecule has 0 aliphatic carbocycles. The predicted octanol–water partition coefficient (Wildman–Crippen LogP) is 3.07. The molecule has 2 aromatic rings. The number of rotatable bonds is 2. The molecule has 24 heavy (non-hydrogen) atoms. The van der Waals surface area contributed by atoms with Gasteiger partial charge in [-0.15, -0.1) is 11.8 Å². The zero-order chi connectivity index (χ0) is 16.7. The Hall–Kier alpha value is -2.67. The molecule has 2 aliphatic rings. The van der Waals surface area contributed by atoms with Crippen LogP contribution in [0.15, 0.2) is 41.3 Å². The van der Waals surface area contributed by atoms with E-state index in [0.717, 1.165) is 4.90 Å². The smallest absolute Gasteiger partial charge is 0.343 e. The van der Waals surface area contributed by atoms with Crippen molar-refractivity contribution in [1.82, 2.24) is 0 Å². The highest BCUT2D eigenvalue weighted by Crippen LogP contribution is 2.37. The molecule has 122 valence electrons. The maximum absolute atomic E-state index is 12.3. The standard InChI is InChI=1S/C17H13NO5S/c1-9-16(19)18-12-6-10(2-5-15(12)24-9)17(20)23-11-3-4-13-14(7-11)22-8-21-13/h2-7,9H,8H2,1H3,(H,18,19)/t9-/m0/s1. The van der Waals surface area contributed by atoms with Crippen LogP contribution < -0.4 is 19.5 Å². The van der Waals surface area contributed by atoms with Crippen LogP contribution in [0.3, 0.4) is 0 Å². The van der Waals surface area contributed by atoms with Gasteiger partial charge in [-0.05, 0) is 37.3 Å². The molecule has 0 saturated heterocycles. The zero-order valence-corrected chi connectivity index (χ0v) is 13.5. The number of carbonyl (C=O) groups is 2. The van der Waals surface area contributed by atoms with Gasteiger partial charge in [0.05, 0.1) is 16.5 Å². The molecule has 6 nitrogen and oxygen atoms in total. The van der Waals surface area contributed by atoms with Gasteiger partial charge in [-0.25, -0.2) is 4.79 Å². The number of benzene rings is 2. The number of nitrogens with one attached hydrogen (secondary N) is 1. The summed E-state index contributed by atoms with van der Waals surface area (Å²) in [5.74, 6) is 0.957. The van der Waals surface area contributed by atoms with E-state index in [-0.39, 0.29) is 18.0 Å². The molecule has 0 bridgehead atoms. The SMILES string of the molecule is C[C@@H]1Sc2ccc(C(=O)Oc3ccc4c(c3)OCO4)cc2NC1=O. The van der Waals surface area contributed by atoms with Crippen molar-refractivity contribution in [3.8, 4) is 17.2 Å². The van der Waals surface area contributed by atoms with Crippen molar-refractivity contribution in [2.24, 2.45) is 0 Å². The highest BCUT2D eigenvalue weighted by atomic mass is 32.2. The first-order chi connectivity index (χ1) is 11.6.